The van der Waals surface area contributed by atoms with Crippen LogP contribution < -0.4 is 5.32 Å². The number of aryl methyl sites for hydroxylation is 1. The molecule has 1 aliphatic rings. The minimum Gasteiger partial charge on any atom is -0.469 e. The Bertz CT molecular complexity index is 686. The first kappa shape index (κ1) is 14.3. The molecule has 2 aromatic heterocycles. The Balaban J connectivity index is 1.42. The summed E-state index contributed by atoms with van der Waals surface area (Å²) in [6.45, 7) is 1.35. The zero-order valence-corrected chi connectivity index (χ0v) is 12.0. The summed E-state index contributed by atoms with van der Waals surface area (Å²) in [7, 11) is 0. The third-order valence-corrected chi connectivity index (χ3v) is 3.27. The Morgan fingerprint density at radius 1 is 1.45 bits per heavy atom. The first-order chi connectivity index (χ1) is 10.6. The summed E-state index contributed by atoms with van der Waals surface area (Å²) in [5.41, 5.74) is 0.389. The van der Waals surface area contributed by atoms with Crippen LogP contribution in [0.3, 0.4) is 0 Å². The molecule has 0 saturated heterocycles. The van der Waals surface area contributed by atoms with Gasteiger partial charge in [0.15, 0.2) is 6.61 Å². The van der Waals surface area contributed by atoms with Gasteiger partial charge in [-0.15, -0.1) is 0 Å². The fraction of sp³-hybridized carbons (Fsp3) is 0.429. The van der Waals surface area contributed by atoms with Crippen molar-refractivity contribution in [2.75, 3.05) is 6.54 Å². The highest BCUT2D eigenvalue weighted by molar-refractivity contribution is 5.96. The molecule has 1 aliphatic carbocycles. The van der Waals surface area contributed by atoms with E-state index < -0.39 is 11.9 Å². The number of carbonyl (C=O) groups is 2. The molecule has 0 spiro atoms. The van der Waals surface area contributed by atoms with Gasteiger partial charge in [0.2, 0.25) is 11.7 Å². The molecule has 2 aromatic rings. The van der Waals surface area contributed by atoms with E-state index in [4.69, 9.17) is 13.7 Å². The van der Waals surface area contributed by atoms with Crippen LogP contribution in [0.4, 0.5) is 0 Å². The molecular weight excluding hydrogens is 290 g/mol. The van der Waals surface area contributed by atoms with Crippen LogP contribution in [0.5, 0.6) is 0 Å². The molecule has 116 valence electrons. The summed E-state index contributed by atoms with van der Waals surface area (Å²) in [6.07, 6.45) is 3.53. The van der Waals surface area contributed by atoms with Gasteiger partial charge < -0.3 is 19.0 Å². The van der Waals surface area contributed by atoms with Crippen LogP contribution >= 0.6 is 0 Å². The number of aromatic nitrogens is 2. The highest BCUT2D eigenvalue weighted by Gasteiger charge is 2.29. The molecule has 22 heavy (non-hydrogen) atoms. The van der Waals surface area contributed by atoms with E-state index in [0.29, 0.717) is 29.0 Å². The fourth-order valence-corrected chi connectivity index (χ4v) is 1.89. The molecule has 0 aliphatic heterocycles. The predicted molar refractivity (Wildman–Crippen MR) is 71.8 cm³/mol. The lowest BCUT2D eigenvalue weighted by Gasteiger charge is -2.04. The molecule has 2 heterocycles. The largest absolute Gasteiger partial charge is 0.469 e. The van der Waals surface area contributed by atoms with Crippen LogP contribution in [0.15, 0.2) is 21.3 Å². The van der Waals surface area contributed by atoms with Crippen LogP contribution in [-0.4, -0.2) is 28.6 Å². The summed E-state index contributed by atoms with van der Waals surface area (Å²) in [5.74, 6) is 0.799. The monoisotopic (exact) mass is 305 g/mol. The summed E-state index contributed by atoms with van der Waals surface area (Å²) in [4.78, 5) is 27.5. The van der Waals surface area contributed by atoms with E-state index in [0.717, 1.165) is 12.8 Å². The zero-order valence-electron chi connectivity index (χ0n) is 12.0. The third-order valence-electron chi connectivity index (χ3n) is 3.27. The van der Waals surface area contributed by atoms with E-state index >= 15 is 0 Å². The van der Waals surface area contributed by atoms with Crippen molar-refractivity contribution in [3.63, 3.8) is 0 Å². The molecule has 0 atom stereocenters. The summed E-state index contributed by atoms with van der Waals surface area (Å²) in [6, 6.07) is 1.54. The molecule has 8 heteroatoms. The van der Waals surface area contributed by atoms with Gasteiger partial charge >= 0.3 is 5.97 Å². The third kappa shape index (κ3) is 3.33. The normalized spacial score (nSPS) is 13.9. The predicted octanol–water partition coefficient (Wildman–Crippen LogP) is 1.32. The lowest BCUT2D eigenvalue weighted by Crippen LogP contribution is -2.30. The molecule has 3 rings (SSSR count). The number of ether oxygens (including phenoxy) is 1. The van der Waals surface area contributed by atoms with Crippen LogP contribution in [-0.2, 0) is 16.1 Å². The number of amides is 1. The average Bonchev–Trinajstić information content (AvgIpc) is 3.09. The standard InChI is InChI=1S/C14H15N3O5/c1-8-10(4-5-20-8)13(19)15-6-12(18)21-7-11-16-14(22-17-11)9-2-3-9/h4-5,9H,2-3,6-7H2,1H3,(H,15,19). The van der Waals surface area contributed by atoms with Gasteiger partial charge in [-0.1, -0.05) is 5.16 Å². The first-order valence-corrected chi connectivity index (χ1v) is 6.94. The molecule has 1 N–H and O–H groups in total. The van der Waals surface area contributed by atoms with Crippen molar-refractivity contribution in [1.29, 1.82) is 0 Å². The second-order valence-electron chi connectivity index (χ2n) is 5.06. The number of carbonyl (C=O) groups excluding carboxylic acids is 2. The van der Waals surface area contributed by atoms with Gasteiger partial charge in [0.05, 0.1) is 11.8 Å². The SMILES string of the molecule is Cc1occc1C(=O)NCC(=O)OCc1noc(C2CC2)n1. The van der Waals surface area contributed by atoms with Crippen LogP contribution in [0.1, 0.15) is 46.6 Å². The minimum absolute atomic E-state index is 0.0737. The lowest BCUT2D eigenvalue weighted by molar-refractivity contribution is -0.143. The Kier molecular flexibility index (Phi) is 3.90. The molecule has 0 bridgehead atoms. The number of esters is 1. The topological polar surface area (TPSA) is 107 Å². The smallest absolute Gasteiger partial charge is 0.325 e. The second-order valence-corrected chi connectivity index (χ2v) is 5.06. The Hall–Kier alpha value is -2.64. The summed E-state index contributed by atoms with van der Waals surface area (Å²) in [5, 5.41) is 6.19. The molecular formula is C14H15N3O5. The average molecular weight is 305 g/mol. The van der Waals surface area contributed by atoms with Crippen molar-refractivity contribution in [1.82, 2.24) is 15.5 Å². The highest BCUT2D eigenvalue weighted by Crippen LogP contribution is 2.38. The van der Waals surface area contributed by atoms with Gasteiger partial charge in [0.1, 0.15) is 12.3 Å². The quantitative estimate of drug-likeness (QED) is 0.802. The van der Waals surface area contributed by atoms with Crippen molar-refractivity contribution >= 4 is 11.9 Å². The Labute approximate surface area is 125 Å². The van der Waals surface area contributed by atoms with Crippen molar-refractivity contribution in [2.45, 2.75) is 32.3 Å². The second kappa shape index (κ2) is 6.00. The molecule has 0 radical (unpaired) electrons. The maximum atomic E-state index is 11.8. The van der Waals surface area contributed by atoms with E-state index in [-0.39, 0.29) is 13.2 Å². The maximum absolute atomic E-state index is 11.8. The van der Waals surface area contributed by atoms with Crippen LogP contribution in [0.2, 0.25) is 0 Å². The number of nitrogens with one attached hydrogen (secondary N) is 1. The Morgan fingerprint density at radius 3 is 2.95 bits per heavy atom. The molecule has 1 amide bonds. The number of nitrogens with zero attached hydrogens (tertiary/aromatic N) is 2. The first-order valence-electron chi connectivity index (χ1n) is 6.94. The van der Waals surface area contributed by atoms with Crippen LogP contribution in [0, 0.1) is 6.92 Å². The van der Waals surface area contributed by atoms with Gasteiger partial charge in [-0.05, 0) is 25.8 Å². The van der Waals surface area contributed by atoms with Crippen molar-refractivity contribution in [3.05, 3.63) is 35.4 Å². The maximum Gasteiger partial charge on any atom is 0.325 e. The summed E-state index contributed by atoms with van der Waals surface area (Å²) >= 11 is 0. The van der Waals surface area contributed by atoms with Crippen LogP contribution in [0.25, 0.3) is 0 Å². The van der Waals surface area contributed by atoms with E-state index in [2.05, 4.69) is 15.5 Å². The van der Waals surface area contributed by atoms with Crippen molar-refractivity contribution in [3.8, 4) is 0 Å². The van der Waals surface area contributed by atoms with Crippen molar-refractivity contribution in [2.24, 2.45) is 0 Å². The fourth-order valence-electron chi connectivity index (χ4n) is 1.89. The number of hydrogen-bond acceptors (Lipinski definition) is 7. The molecule has 1 saturated carbocycles. The van der Waals surface area contributed by atoms with E-state index in [1.54, 1.807) is 6.92 Å². The molecule has 1 fully saturated rings. The van der Waals surface area contributed by atoms with Gasteiger partial charge in [0, 0.05) is 5.92 Å². The molecule has 0 aromatic carbocycles. The number of rotatable bonds is 6. The zero-order chi connectivity index (χ0) is 15.5. The van der Waals surface area contributed by atoms with Gasteiger partial charge in [-0.25, -0.2) is 0 Å². The lowest BCUT2D eigenvalue weighted by atomic mass is 10.2. The van der Waals surface area contributed by atoms with E-state index in [1.165, 1.54) is 12.3 Å². The molecule has 8 nitrogen and oxygen atoms in total. The van der Waals surface area contributed by atoms with Crippen molar-refractivity contribution < 1.29 is 23.3 Å². The Morgan fingerprint density at radius 2 is 2.27 bits per heavy atom. The van der Waals surface area contributed by atoms with E-state index in [1.807, 2.05) is 0 Å². The minimum atomic E-state index is -0.577. The van der Waals surface area contributed by atoms with Gasteiger partial charge in [0.25, 0.3) is 5.91 Å². The summed E-state index contributed by atoms with van der Waals surface area (Å²) < 4.78 is 15.0. The van der Waals surface area contributed by atoms with Gasteiger partial charge in [-0.2, -0.15) is 4.98 Å². The molecule has 0 unspecified atom stereocenters. The van der Waals surface area contributed by atoms with Gasteiger partial charge in [-0.3, -0.25) is 9.59 Å². The highest BCUT2D eigenvalue weighted by atomic mass is 16.5. The number of furan rings is 1. The van der Waals surface area contributed by atoms with E-state index in [9.17, 15) is 9.59 Å². The number of hydrogen-bond donors (Lipinski definition) is 1.